The Morgan fingerprint density at radius 3 is 2.40 bits per heavy atom. The summed E-state index contributed by atoms with van der Waals surface area (Å²) >= 11 is 0. The number of hydrogen-bond acceptors (Lipinski definition) is 1. The van der Waals surface area contributed by atoms with Crippen LogP contribution in [0.25, 0.3) is 0 Å². The predicted octanol–water partition coefficient (Wildman–Crippen LogP) is 2.74. The molecule has 4 heteroatoms. The largest absolute Gasteiger partial charge is 0.327 e. The molecule has 0 fully saturated rings. The predicted molar refractivity (Wildman–Crippen MR) is 53.0 cm³/mol. The molecular formula is C11H14F3N. The normalized spacial score (nSPS) is 15.4. The Morgan fingerprint density at radius 2 is 1.93 bits per heavy atom. The van der Waals surface area contributed by atoms with Gasteiger partial charge in [0.05, 0.1) is 0 Å². The van der Waals surface area contributed by atoms with E-state index < -0.39 is 23.2 Å². The molecule has 84 valence electrons. The van der Waals surface area contributed by atoms with Gasteiger partial charge in [0, 0.05) is 12.1 Å². The summed E-state index contributed by atoms with van der Waals surface area (Å²) in [5, 5.41) is 0. The first-order valence-electron chi connectivity index (χ1n) is 4.76. The monoisotopic (exact) mass is 217 g/mol. The number of rotatable bonds is 3. The average molecular weight is 217 g/mol. The summed E-state index contributed by atoms with van der Waals surface area (Å²) in [6, 6.07) is 2.73. The molecule has 0 heterocycles. The fourth-order valence-corrected chi connectivity index (χ4v) is 1.47. The van der Waals surface area contributed by atoms with Crippen molar-refractivity contribution < 1.29 is 13.2 Å². The zero-order valence-electron chi connectivity index (χ0n) is 8.73. The molecule has 0 aliphatic heterocycles. The van der Waals surface area contributed by atoms with Gasteiger partial charge in [0.25, 0.3) is 0 Å². The molecule has 0 aliphatic rings. The van der Waals surface area contributed by atoms with Crippen LogP contribution in [-0.2, 0) is 5.67 Å². The van der Waals surface area contributed by atoms with E-state index in [0.29, 0.717) is 0 Å². The Morgan fingerprint density at radius 1 is 1.33 bits per heavy atom. The first-order valence-corrected chi connectivity index (χ1v) is 4.76. The van der Waals surface area contributed by atoms with E-state index in [1.54, 1.807) is 13.8 Å². The molecule has 0 saturated heterocycles. The summed E-state index contributed by atoms with van der Waals surface area (Å²) in [6.45, 7) is 2.79. The van der Waals surface area contributed by atoms with E-state index in [1.165, 1.54) is 0 Å². The van der Waals surface area contributed by atoms with E-state index >= 15 is 0 Å². The highest BCUT2D eigenvalue weighted by molar-refractivity contribution is 5.26. The van der Waals surface area contributed by atoms with Crippen molar-refractivity contribution in [2.45, 2.75) is 19.5 Å². The van der Waals surface area contributed by atoms with Gasteiger partial charge in [-0.05, 0) is 24.1 Å². The van der Waals surface area contributed by atoms with Gasteiger partial charge in [-0.15, -0.1) is 0 Å². The molecule has 2 N–H and O–H groups in total. The lowest BCUT2D eigenvalue weighted by atomic mass is 9.85. The third-order valence-corrected chi connectivity index (χ3v) is 2.59. The molecule has 1 nitrogen and oxygen atoms in total. The molecule has 0 bridgehead atoms. The van der Waals surface area contributed by atoms with Crippen LogP contribution in [0.4, 0.5) is 13.2 Å². The highest BCUT2D eigenvalue weighted by Crippen LogP contribution is 2.34. The molecule has 1 aromatic rings. The molecule has 15 heavy (non-hydrogen) atoms. The zero-order valence-corrected chi connectivity index (χ0v) is 8.73. The maximum absolute atomic E-state index is 14.3. The molecule has 0 radical (unpaired) electrons. The topological polar surface area (TPSA) is 26.0 Å². The highest BCUT2D eigenvalue weighted by atomic mass is 19.2. The van der Waals surface area contributed by atoms with Crippen LogP contribution in [0.1, 0.15) is 19.4 Å². The van der Waals surface area contributed by atoms with Crippen molar-refractivity contribution in [2.75, 3.05) is 6.54 Å². The van der Waals surface area contributed by atoms with Gasteiger partial charge >= 0.3 is 0 Å². The van der Waals surface area contributed by atoms with E-state index in [9.17, 15) is 13.2 Å². The fourth-order valence-electron chi connectivity index (χ4n) is 1.47. The number of benzene rings is 1. The quantitative estimate of drug-likeness (QED) is 0.827. The van der Waals surface area contributed by atoms with Crippen molar-refractivity contribution in [3.8, 4) is 0 Å². The lowest BCUT2D eigenvalue weighted by molar-refractivity contribution is 0.104. The van der Waals surface area contributed by atoms with E-state index in [0.717, 1.165) is 18.2 Å². The lowest BCUT2D eigenvalue weighted by Gasteiger charge is -2.28. The van der Waals surface area contributed by atoms with Gasteiger partial charge in [-0.3, -0.25) is 0 Å². The summed E-state index contributed by atoms with van der Waals surface area (Å²) < 4.78 is 40.5. The molecule has 0 amide bonds. The summed E-state index contributed by atoms with van der Waals surface area (Å²) in [7, 11) is 0. The van der Waals surface area contributed by atoms with E-state index in [2.05, 4.69) is 0 Å². The van der Waals surface area contributed by atoms with Crippen molar-refractivity contribution in [3.05, 3.63) is 35.4 Å². The van der Waals surface area contributed by atoms with Crippen molar-refractivity contribution in [3.63, 3.8) is 0 Å². The second-order valence-electron chi connectivity index (χ2n) is 3.85. The number of hydrogen-bond donors (Lipinski definition) is 1. The van der Waals surface area contributed by atoms with Crippen molar-refractivity contribution in [1.29, 1.82) is 0 Å². The van der Waals surface area contributed by atoms with Gasteiger partial charge in [0.2, 0.25) is 0 Å². The Kier molecular flexibility index (Phi) is 3.39. The van der Waals surface area contributed by atoms with Crippen LogP contribution in [0.3, 0.4) is 0 Å². The van der Waals surface area contributed by atoms with Crippen LogP contribution in [-0.4, -0.2) is 6.54 Å². The van der Waals surface area contributed by atoms with Crippen molar-refractivity contribution >= 4 is 0 Å². The summed E-state index contributed by atoms with van der Waals surface area (Å²) in [4.78, 5) is 0. The van der Waals surface area contributed by atoms with E-state index in [4.69, 9.17) is 5.73 Å². The van der Waals surface area contributed by atoms with Gasteiger partial charge < -0.3 is 5.73 Å². The molecular weight excluding hydrogens is 203 g/mol. The highest BCUT2D eigenvalue weighted by Gasteiger charge is 2.37. The Balaban J connectivity index is 3.29. The molecule has 0 saturated carbocycles. The SMILES string of the molecule is CC(C)C(F)(CN)c1cc(F)ccc1F. The minimum absolute atomic E-state index is 0.306. The summed E-state index contributed by atoms with van der Waals surface area (Å²) in [5.74, 6) is -1.95. The third kappa shape index (κ3) is 2.15. The van der Waals surface area contributed by atoms with E-state index in [-0.39, 0.29) is 12.1 Å². The number of alkyl halides is 1. The molecule has 1 unspecified atom stereocenters. The molecule has 0 spiro atoms. The van der Waals surface area contributed by atoms with Crippen molar-refractivity contribution in [2.24, 2.45) is 11.7 Å². The van der Waals surface area contributed by atoms with Gasteiger partial charge in [-0.25, -0.2) is 13.2 Å². The minimum atomic E-state index is -2.02. The summed E-state index contributed by atoms with van der Waals surface area (Å²) in [6.07, 6.45) is 0. The van der Waals surface area contributed by atoms with Crippen LogP contribution in [0.2, 0.25) is 0 Å². The maximum atomic E-state index is 14.3. The number of nitrogens with two attached hydrogens (primary N) is 1. The molecule has 1 atom stereocenters. The first kappa shape index (κ1) is 12.0. The van der Waals surface area contributed by atoms with Crippen LogP contribution < -0.4 is 5.73 Å². The maximum Gasteiger partial charge on any atom is 0.153 e. The first-order chi connectivity index (χ1) is 6.91. The molecule has 1 aromatic carbocycles. The number of halogens is 3. The van der Waals surface area contributed by atoms with Crippen LogP contribution in [0.15, 0.2) is 18.2 Å². The van der Waals surface area contributed by atoms with Crippen LogP contribution in [0.5, 0.6) is 0 Å². The van der Waals surface area contributed by atoms with Crippen LogP contribution >= 0.6 is 0 Å². The van der Waals surface area contributed by atoms with Gasteiger partial charge in [-0.1, -0.05) is 13.8 Å². The van der Waals surface area contributed by atoms with Gasteiger partial charge in [0.1, 0.15) is 11.6 Å². The van der Waals surface area contributed by atoms with Gasteiger partial charge in [-0.2, -0.15) is 0 Å². The zero-order chi connectivity index (χ0) is 11.6. The lowest BCUT2D eigenvalue weighted by Crippen LogP contribution is -2.36. The second-order valence-corrected chi connectivity index (χ2v) is 3.85. The fraction of sp³-hybridized carbons (Fsp3) is 0.455. The smallest absolute Gasteiger partial charge is 0.153 e. The van der Waals surface area contributed by atoms with Crippen molar-refractivity contribution in [1.82, 2.24) is 0 Å². The summed E-state index contributed by atoms with van der Waals surface area (Å²) in [5.41, 5.74) is 2.97. The Hall–Kier alpha value is -1.03. The van der Waals surface area contributed by atoms with E-state index in [1.807, 2.05) is 0 Å². The third-order valence-electron chi connectivity index (χ3n) is 2.59. The van der Waals surface area contributed by atoms with Crippen LogP contribution in [0, 0.1) is 17.6 Å². The minimum Gasteiger partial charge on any atom is -0.327 e. The average Bonchev–Trinajstić information content (AvgIpc) is 2.20. The van der Waals surface area contributed by atoms with Gasteiger partial charge in [0.15, 0.2) is 5.67 Å². The molecule has 0 aromatic heterocycles. The standard InChI is InChI=1S/C11H14F3N/c1-7(2)11(14,6-15)9-5-8(12)3-4-10(9)13/h3-5,7H,6,15H2,1-2H3. The molecule has 0 aliphatic carbocycles. The Bertz CT molecular complexity index is 352. The second kappa shape index (κ2) is 4.23. The Labute approximate surface area is 87.1 Å². The molecule has 1 rings (SSSR count).